The number of benzene rings is 1. The number of nitrogens with one attached hydrogen (secondary N) is 1. The summed E-state index contributed by atoms with van der Waals surface area (Å²) in [6.07, 6.45) is 3.78. The molecule has 0 amide bonds. The van der Waals surface area contributed by atoms with Crippen LogP contribution in [0.4, 0.5) is 0 Å². The molecule has 2 rings (SSSR count). The molecule has 0 radical (unpaired) electrons. The molecule has 1 aromatic rings. The standard InChI is InChI=1S/C17H29N3O/c1-4-21-17-11-6-5-10-15(17)16(12-18)19-20-13(2)8-7-9-14(20)3/h5-6,10-11,13-14,16,19H,4,7-9,12,18H2,1-3H3. The number of nitrogens with zero attached hydrogens (tertiary/aromatic N) is 1. The van der Waals surface area contributed by atoms with Gasteiger partial charge in [0.05, 0.1) is 12.6 Å². The van der Waals surface area contributed by atoms with Crippen molar-refractivity contribution in [2.24, 2.45) is 5.73 Å². The fourth-order valence-corrected chi connectivity index (χ4v) is 3.16. The highest BCUT2D eigenvalue weighted by Gasteiger charge is 2.27. The highest BCUT2D eigenvalue weighted by molar-refractivity contribution is 5.36. The molecule has 1 aliphatic heterocycles. The molecular formula is C17H29N3O. The second-order valence-electron chi connectivity index (χ2n) is 5.92. The molecule has 4 heteroatoms. The van der Waals surface area contributed by atoms with Gasteiger partial charge in [-0.15, -0.1) is 0 Å². The summed E-state index contributed by atoms with van der Waals surface area (Å²) in [6, 6.07) is 9.36. The Morgan fingerprint density at radius 2 is 1.95 bits per heavy atom. The molecule has 1 heterocycles. The van der Waals surface area contributed by atoms with Crippen molar-refractivity contribution >= 4 is 0 Å². The van der Waals surface area contributed by atoms with Gasteiger partial charge in [-0.25, -0.2) is 10.4 Å². The number of nitrogens with two attached hydrogens (primary N) is 1. The van der Waals surface area contributed by atoms with E-state index in [0.29, 0.717) is 25.2 Å². The van der Waals surface area contributed by atoms with Crippen LogP contribution in [0.25, 0.3) is 0 Å². The van der Waals surface area contributed by atoms with Crippen molar-refractivity contribution in [3.8, 4) is 5.75 Å². The van der Waals surface area contributed by atoms with Crippen LogP contribution in [0.15, 0.2) is 24.3 Å². The van der Waals surface area contributed by atoms with Gasteiger partial charge < -0.3 is 10.5 Å². The minimum Gasteiger partial charge on any atom is -0.494 e. The number of hydrazine groups is 1. The van der Waals surface area contributed by atoms with E-state index in [4.69, 9.17) is 10.5 Å². The third-order valence-electron chi connectivity index (χ3n) is 4.33. The Morgan fingerprint density at radius 3 is 2.57 bits per heavy atom. The second-order valence-corrected chi connectivity index (χ2v) is 5.92. The number of para-hydroxylation sites is 1. The summed E-state index contributed by atoms with van der Waals surface area (Å²) in [4.78, 5) is 0. The largest absolute Gasteiger partial charge is 0.494 e. The van der Waals surface area contributed by atoms with Crippen LogP contribution in [0.5, 0.6) is 5.75 Å². The summed E-state index contributed by atoms with van der Waals surface area (Å²) < 4.78 is 5.75. The van der Waals surface area contributed by atoms with Crippen LogP contribution in [0.3, 0.4) is 0 Å². The Hall–Kier alpha value is -1.10. The maximum absolute atomic E-state index is 6.03. The zero-order chi connectivity index (χ0) is 15.2. The third-order valence-corrected chi connectivity index (χ3v) is 4.33. The first-order valence-corrected chi connectivity index (χ1v) is 8.13. The molecule has 0 aliphatic carbocycles. The summed E-state index contributed by atoms with van der Waals surface area (Å²) in [5.74, 6) is 0.931. The molecule has 4 nitrogen and oxygen atoms in total. The number of piperidine rings is 1. The van der Waals surface area contributed by atoms with E-state index in [1.54, 1.807) is 0 Å². The monoisotopic (exact) mass is 291 g/mol. The Kier molecular flexibility index (Phi) is 6.03. The van der Waals surface area contributed by atoms with Gasteiger partial charge in [-0.05, 0) is 39.7 Å². The van der Waals surface area contributed by atoms with Gasteiger partial charge in [0.25, 0.3) is 0 Å². The Labute approximate surface area is 128 Å². The van der Waals surface area contributed by atoms with Gasteiger partial charge in [-0.2, -0.15) is 0 Å². The van der Waals surface area contributed by atoms with Gasteiger partial charge in [-0.1, -0.05) is 24.6 Å². The number of hydrogen-bond acceptors (Lipinski definition) is 4. The van der Waals surface area contributed by atoms with Crippen molar-refractivity contribution in [1.29, 1.82) is 0 Å². The zero-order valence-electron chi connectivity index (χ0n) is 13.5. The molecule has 21 heavy (non-hydrogen) atoms. The first kappa shape index (κ1) is 16.3. The lowest BCUT2D eigenvalue weighted by Crippen LogP contribution is -2.54. The van der Waals surface area contributed by atoms with Gasteiger partial charge in [0, 0.05) is 24.2 Å². The minimum atomic E-state index is 0.0933. The van der Waals surface area contributed by atoms with E-state index in [1.165, 1.54) is 19.3 Å². The maximum atomic E-state index is 6.03. The van der Waals surface area contributed by atoms with Crippen LogP contribution in [-0.4, -0.2) is 30.2 Å². The summed E-state index contributed by atoms with van der Waals surface area (Å²) in [5, 5.41) is 2.38. The molecule has 0 aromatic heterocycles. The molecule has 1 aromatic carbocycles. The van der Waals surface area contributed by atoms with Gasteiger partial charge in [-0.3, -0.25) is 0 Å². The number of ether oxygens (including phenoxy) is 1. The van der Waals surface area contributed by atoms with Crippen molar-refractivity contribution in [3.63, 3.8) is 0 Å². The first-order chi connectivity index (χ1) is 10.2. The normalized spacial score (nSPS) is 24.8. The van der Waals surface area contributed by atoms with Crippen molar-refractivity contribution in [2.45, 2.75) is 58.2 Å². The Morgan fingerprint density at radius 1 is 1.29 bits per heavy atom. The molecule has 118 valence electrons. The average molecular weight is 291 g/mol. The van der Waals surface area contributed by atoms with Gasteiger partial charge in [0.1, 0.15) is 5.75 Å². The van der Waals surface area contributed by atoms with Crippen molar-refractivity contribution < 1.29 is 4.74 Å². The zero-order valence-corrected chi connectivity index (χ0v) is 13.5. The molecule has 1 saturated heterocycles. The highest BCUT2D eigenvalue weighted by atomic mass is 16.5. The van der Waals surface area contributed by atoms with Crippen LogP contribution >= 0.6 is 0 Å². The lowest BCUT2D eigenvalue weighted by Gasteiger charge is -2.41. The number of hydrogen-bond donors (Lipinski definition) is 2. The molecule has 3 atom stereocenters. The SMILES string of the molecule is CCOc1ccccc1C(CN)NN1C(C)CCCC1C. The van der Waals surface area contributed by atoms with E-state index in [0.717, 1.165) is 11.3 Å². The highest BCUT2D eigenvalue weighted by Crippen LogP contribution is 2.27. The molecular weight excluding hydrogens is 262 g/mol. The third kappa shape index (κ3) is 3.96. The Bertz CT molecular complexity index is 428. The second kappa shape index (κ2) is 7.78. The molecule has 0 saturated carbocycles. The van der Waals surface area contributed by atoms with Crippen molar-refractivity contribution in [2.75, 3.05) is 13.2 Å². The van der Waals surface area contributed by atoms with E-state index < -0.39 is 0 Å². The van der Waals surface area contributed by atoms with E-state index in [2.05, 4.69) is 30.3 Å². The van der Waals surface area contributed by atoms with E-state index >= 15 is 0 Å². The fourth-order valence-electron chi connectivity index (χ4n) is 3.16. The minimum absolute atomic E-state index is 0.0933. The Balaban J connectivity index is 2.15. The van der Waals surface area contributed by atoms with Crippen LogP contribution < -0.4 is 15.9 Å². The molecule has 3 N–H and O–H groups in total. The molecule has 1 fully saturated rings. The predicted octanol–water partition coefficient (Wildman–Crippen LogP) is 2.85. The predicted molar refractivity (Wildman–Crippen MR) is 87.2 cm³/mol. The van der Waals surface area contributed by atoms with Gasteiger partial charge in [0.2, 0.25) is 0 Å². The average Bonchev–Trinajstić information content (AvgIpc) is 2.48. The fraction of sp³-hybridized carbons (Fsp3) is 0.647. The topological polar surface area (TPSA) is 50.5 Å². The first-order valence-electron chi connectivity index (χ1n) is 8.13. The lowest BCUT2D eigenvalue weighted by molar-refractivity contribution is 0.0300. The molecule has 0 bridgehead atoms. The van der Waals surface area contributed by atoms with Crippen LogP contribution in [-0.2, 0) is 0 Å². The van der Waals surface area contributed by atoms with E-state index in [-0.39, 0.29) is 6.04 Å². The van der Waals surface area contributed by atoms with Crippen molar-refractivity contribution in [1.82, 2.24) is 10.4 Å². The van der Waals surface area contributed by atoms with Crippen LogP contribution in [0.1, 0.15) is 51.6 Å². The van der Waals surface area contributed by atoms with E-state index in [9.17, 15) is 0 Å². The molecule has 0 spiro atoms. The number of rotatable bonds is 6. The lowest BCUT2D eigenvalue weighted by atomic mass is 9.99. The quantitative estimate of drug-likeness (QED) is 0.846. The van der Waals surface area contributed by atoms with E-state index in [1.807, 2.05) is 25.1 Å². The van der Waals surface area contributed by atoms with Crippen LogP contribution in [0.2, 0.25) is 0 Å². The molecule has 3 unspecified atom stereocenters. The van der Waals surface area contributed by atoms with Gasteiger partial charge in [0.15, 0.2) is 0 Å². The summed E-state index contributed by atoms with van der Waals surface area (Å²) in [6.45, 7) is 7.80. The smallest absolute Gasteiger partial charge is 0.124 e. The van der Waals surface area contributed by atoms with Crippen LogP contribution in [0, 0.1) is 0 Å². The summed E-state index contributed by atoms with van der Waals surface area (Å²) >= 11 is 0. The van der Waals surface area contributed by atoms with Gasteiger partial charge >= 0.3 is 0 Å². The maximum Gasteiger partial charge on any atom is 0.124 e. The summed E-state index contributed by atoms with van der Waals surface area (Å²) in [5.41, 5.74) is 10.8. The van der Waals surface area contributed by atoms with Crippen molar-refractivity contribution in [3.05, 3.63) is 29.8 Å². The summed E-state index contributed by atoms with van der Waals surface area (Å²) in [7, 11) is 0. The molecule has 1 aliphatic rings.